The molecule has 0 N–H and O–H groups in total. The number of benzene rings is 2. The molecule has 0 spiro atoms. The Kier molecular flexibility index (Phi) is 14.1. The van der Waals surface area contributed by atoms with Crippen LogP contribution in [0.2, 0.25) is 20.3 Å². The molecule has 0 heterocycles. The van der Waals surface area contributed by atoms with Gasteiger partial charge in [-0.3, -0.25) is 0 Å². The maximum atomic E-state index is 6.33. The summed E-state index contributed by atoms with van der Waals surface area (Å²) in [5, 5.41) is 0. The summed E-state index contributed by atoms with van der Waals surface area (Å²) in [6.45, 7) is 7.20. The second kappa shape index (κ2) is 14.9. The van der Waals surface area contributed by atoms with Gasteiger partial charge in [0.1, 0.15) is 0 Å². The first-order valence-electron chi connectivity index (χ1n) is 13.4. The quantitative estimate of drug-likeness (QED) is 0.114. The van der Waals surface area contributed by atoms with E-state index in [2.05, 4.69) is 81.4 Å². The average molecular weight is 834 g/mol. The molecule has 2 aromatic carbocycles. The fourth-order valence-electron chi connectivity index (χ4n) is 7.70. The van der Waals surface area contributed by atoms with Crippen molar-refractivity contribution < 1.29 is 17.4 Å². The standard InChI is InChI=1S/2C10H9.2C4H8Cl3Si.2ClH.H2Si.Zr/c2*1-8-6-9-4-2-3-5-10(9)7-8;2*1-2-3-4-8(5,6)7;;;;/h2*2-7H,1H3;2*1-4H2;2*1H;1H2;. The molecule has 2 unspecified atom stereocenters. The minimum absolute atomic E-state index is 0. The van der Waals surface area contributed by atoms with Crippen LogP contribution in [0.15, 0.2) is 59.7 Å². The molecule has 0 bridgehead atoms. The molecule has 0 nitrogen and oxygen atoms in total. The number of hydrogen-bond acceptors (Lipinski definition) is 0. The minimum Gasteiger partial charge on any atom is -0.147 e. The number of fused-ring (bicyclic) bond motifs is 2. The molecule has 40 heavy (non-hydrogen) atoms. The van der Waals surface area contributed by atoms with Crippen LogP contribution >= 0.6 is 91.3 Å². The Morgan fingerprint density at radius 1 is 0.625 bits per heavy atom. The largest absolute Gasteiger partial charge is 0.147 e. The van der Waals surface area contributed by atoms with Crippen LogP contribution in [0.1, 0.15) is 69.0 Å². The normalized spacial score (nSPS) is 18.7. The van der Waals surface area contributed by atoms with E-state index in [0.29, 0.717) is 7.25 Å². The van der Waals surface area contributed by atoms with Gasteiger partial charge in [-0.25, -0.2) is 0 Å². The molecule has 4 rings (SSSR count). The van der Waals surface area contributed by atoms with E-state index in [1.807, 2.05) is 0 Å². The van der Waals surface area contributed by atoms with E-state index >= 15 is 0 Å². The third kappa shape index (κ3) is 8.52. The van der Waals surface area contributed by atoms with Crippen LogP contribution in [0.25, 0.3) is 12.2 Å². The van der Waals surface area contributed by atoms with E-state index in [9.17, 15) is 0 Å². The molecule has 0 amide bonds. The molecule has 0 aromatic heterocycles. The van der Waals surface area contributed by atoms with Crippen molar-refractivity contribution in [2.75, 3.05) is 0 Å². The number of hydrogen-bond donors (Lipinski definition) is 0. The van der Waals surface area contributed by atoms with Gasteiger partial charge >= 0.3 is 264 Å². The second-order valence-electron chi connectivity index (χ2n) is 11.7. The van der Waals surface area contributed by atoms with Crippen molar-refractivity contribution in [3.63, 3.8) is 0 Å². The maximum absolute atomic E-state index is 6.33. The summed E-state index contributed by atoms with van der Waals surface area (Å²) in [5.41, 5.74) is 8.87. The van der Waals surface area contributed by atoms with Crippen LogP contribution < -0.4 is 0 Å². The Morgan fingerprint density at radius 2 is 0.975 bits per heavy atom. The van der Waals surface area contributed by atoms with E-state index in [1.54, 1.807) is 0 Å². The van der Waals surface area contributed by atoms with Crippen LogP contribution in [0, 0.1) is 0 Å². The van der Waals surface area contributed by atoms with E-state index < -0.39 is 29.4 Å². The summed E-state index contributed by atoms with van der Waals surface area (Å²) in [5.74, 6) is 0. The van der Waals surface area contributed by atoms with Gasteiger partial charge in [-0.2, -0.15) is 0 Å². The molecule has 12 heteroatoms. The first-order chi connectivity index (χ1) is 17.7. The van der Waals surface area contributed by atoms with Crippen molar-refractivity contribution in [1.82, 2.24) is 0 Å². The first kappa shape index (κ1) is 38.0. The Balaban J connectivity index is 0.00000280. The summed E-state index contributed by atoms with van der Waals surface area (Å²) in [6, 6.07) is 14.2. The smallest absolute Gasteiger partial charge is 0.147 e. The van der Waals surface area contributed by atoms with Crippen molar-refractivity contribution in [2.45, 2.75) is 67.1 Å². The van der Waals surface area contributed by atoms with Crippen molar-refractivity contribution in [1.29, 1.82) is 0 Å². The summed E-state index contributed by atoms with van der Waals surface area (Å²) < 4.78 is 3.46. The van der Waals surface area contributed by atoms with E-state index in [1.165, 1.54) is 41.7 Å². The number of halogens is 8. The molecule has 0 radical (unpaired) electrons. The number of rotatable bonds is 12. The summed E-state index contributed by atoms with van der Waals surface area (Å²) in [4.78, 5) is 0. The van der Waals surface area contributed by atoms with Crippen molar-refractivity contribution >= 4 is 122 Å². The molecule has 0 saturated carbocycles. The van der Waals surface area contributed by atoms with Crippen molar-refractivity contribution in [2.24, 2.45) is 0 Å². The molecule has 0 saturated heterocycles. The molecule has 2 aliphatic carbocycles. The Labute approximate surface area is 285 Å². The van der Waals surface area contributed by atoms with E-state index in [-0.39, 0.29) is 24.8 Å². The zero-order chi connectivity index (χ0) is 27.8. The summed E-state index contributed by atoms with van der Waals surface area (Å²) in [6.07, 6.45) is 9.05. The van der Waals surface area contributed by atoms with E-state index in [4.69, 9.17) is 66.5 Å². The van der Waals surface area contributed by atoms with Crippen LogP contribution in [-0.4, -0.2) is 18.9 Å². The van der Waals surface area contributed by atoms with E-state index in [0.717, 1.165) is 37.8 Å². The van der Waals surface area contributed by atoms with Crippen LogP contribution in [-0.2, 0) is 17.4 Å². The Morgan fingerprint density at radius 3 is 1.32 bits per heavy atom. The minimum atomic E-state index is -3.88. The van der Waals surface area contributed by atoms with Gasteiger partial charge in [0.15, 0.2) is 0 Å². The first-order valence-corrected chi connectivity index (χ1v) is 36.2. The topological polar surface area (TPSA) is 0 Å². The summed E-state index contributed by atoms with van der Waals surface area (Å²) >= 11 is 34.1. The monoisotopic (exact) mass is 828 g/mol. The predicted molar refractivity (Wildman–Crippen MR) is 193 cm³/mol. The Hall–Kier alpha value is 1.77. The van der Waals surface area contributed by atoms with Crippen LogP contribution in [0.5, 0.6) is 0 Å². The molecule has 2 aromatic rings. The molecule has 0 fully saturated rings. The third-order valence-corrected chi connectivity index (χ3v) is 42.6. The predicted octanol–water partition coefficient (Wildman–Crippen LogP) is 12.1. The molecule has 2 aliphatic rings. The van der Waals surface area contributed by atoms with Gasteiger partial charge < -0.3 is 0 Å². The van der Waals surface area contributed by atoms with Gasteiger partial charge in [0, 0.05) is 0 Å². The van der Waals surface area contributed by atoms with Crippen molar-refractivity contribution in [3.05, 3.63) is 81.9 Å². The van der Waals surface area contributed by atoms with Crippen LogP contribution in [0.3, 0.4) is 0 Å². The molecular weight excluding hydrogens is 795 g/mol. The molecule has 0 aliphatic heterocycles. The van der Waals surface area contributed by atoms with Crippen molar-refractivity contribution in [3.8, 4) is 0 Å². The second-order valence-corrected chi connectivity index (χ2v) is 56.8. The third-order valence-electron chi connectivity index (χ3n) is 8.91. The maximum Gasteiger partial charge on any atom is -0.147 e. The Bertz CT molecular complexity index is 1210. The fraction of sp³-hybridized carbons (Fsp3) is 0.429. The van der Waals surface area contributed by atoms with Gasteiger partial charge in [-0.05, 0) is 0 Å². The van der Waals surface area contributed by atoms with Gasteiger partial charge in [0.2, 0.25) is 0 Å². The average Bonchev–Trinajstić information content (AvgIpc) is 3.35. The number of unbranched alkanes of at least 4 members (excludes halogenated alkanes) is 2. The van der Waals surface area contributed by atoms with Crippen LogP contribution in [0.4, 0.5) is 0 Å². The zero-order valence-electron chi connectivity index (χ0n) is 22.9. The summed E-state index contributed by atoms with van der Waals surface area (Å²) in [7, 11) is 0. The fourth-order valence-corrected chi connectivity index (χ4v) is 42.6. The van der Waals surface area contributed by atoms with Gasteiger partial charge in [-0.15, -0.1) is 24.8 Å². The molecule has 222 valence electrons. The molecular formula is C28H38Cl8Si3Zr. The van der Waals surface area contributed by atoms with Gasteiger partial charge in [0.05, 0.1) is 0 Å². The molecule has 2 atom stereocenters. The SMILES string of the molecule is CC1=Cc2ccccc2[CH]1[Zr](=[SiH2])([CH2]CCC[Si](Cl)(Cl)Cl)([CH2]CCC[Si](Cl)(Cl)Cl)[CH]1C(C)=Cc2ccccc21.Cl.Cl. The zero-order valence-corrected chi connectivity index (χ0v) is 34.9. The van der Waals surface area contributed by atoms with Gasteiger partial charge in [-0.1, -0.05) is 0 Å². The van der Waals surface area contributed by atoms with Gasteiger partial charge in [0.25, 0.3) is 0 Å². The number of allylic oxidation sites excluding steroid dienone is 2.